The summed E-state index contributed by atoms with van der Waals surface area (Å²) in [5.74, 6) is 0. The molecule has 18 heavy (non-hydrogen) atoms. The first-order valence-electron chi connectivity index (χ1n) is 6.91. The highest BCUT2D eigenvalue weighted by molar-refractivity contribution is 7.86. The molecule has 1 atom stereocenters. The van der Waals surface area contributed by atoms with Crippen LogP contribution >= 0.6 is 0 Å². The minimum atomic E-state index is -3.40. The third-order valence-electron chi connectivity index (χ3n) is 3.48. The van der Waals surface area contributed by atoms with Gasteiger partial charge in [-0.1, -0.05) is 19.8 Å². The zero-order valence-electron chi connectivity index (χ0n) is 11.5. The van der Waals surface area contributed by atoms with E-state index in [2.05, 4.69) is 0 Å². The number of nitrogens with zero attached hydrogens (tertiary/aromatic N) is 2. The molecule has 1 aliphatic rings. The first-order valence-corrected chi connectivity index (χ1v) is 8.31. The molecular formula is C12H26N2O3S. The molecule has 1 N–H and O–H groups in total. The maximum Gasteiger partial charge on any atom is 0.282 e. The standard InChI is InChI=1S/C12H26N2O3S/c1-3-4-8-13(10-11-15)18(16,17)14-9-6-5-7-12(14)2/h12,15H,3-11H2,1-2H3. The van der Waals surface area contributed by atoms with E-state index in [-0.39, 0.29) is 19.2 Å². The van der Waals surface area contributed by atoms with E-state index in [0.29, 0.717) is 13.1 Å². The van der Waals surface area contributed by atoms with Crippen molar-refractivity contribution in [2.24, 2.45) is 0 Å². The summed E-state index contributed by atoms with van der Waals surface area (Å²) in [6, 6.07) is 0.0755. The van der Waals surface area contributed by atoms with Crippen LogP contribution in [-0.2, 0) is 10.2 Å². The Hall–Kier alpha value is -0.170. The molecule has 0 aromatic carbocycles. The Balaban J connectivity index is 2.78. The average molecular weight is 278 g/mol. The Kier molecular flexibility index (Phi) is 6.55. The third-order valence-corrected chi connectivity index (χ3v) is 5.63. The van der Waals surface area contributed by atoms with Crippen molar-refractivity contribution in [1.82, 2.24) is 8.61 Å². The van der Waals surface area contributed by atoms with Crippen molar-refractivity contribution < 1.29 is 13.5 Å². The lowest BCUT2D eigenvalue weighted by atomic mass is 10.1. The van der Waals surface area contributed by atoms with Crippen LogP contribution in [0.2, 0.25) is 0 Å². The fourth-order valence-electron chi connectivity index (χ4n) is 2.35. The summed E-state index contributed by atoms with van der Waals surface area (Å²) in [5, 5.41) is 9.04. The molecule has 0 spiro atoms. The number of rotatable bonds is 7. The summed E-state index contributed by atoms with van der Waals surface area (Å²) in [6.45, 7) is 5.19. The summed E-state index contributed by atoms with van der Waals surface area (Å²) in [6.07, 6.45) is 4.75. The van der Waals surface area contributed by atoms with Gasteiger partial charge >= 0.3 is 0 Å². The molecule has 1 fully saturated rings. The first kappa shape index (κ1) is 15.9. The minimum Gasteiger partial charge on any atom is -0.395 e. The van der Waals surface area contributed by atoms with Crippen LogP contribution in [0.3, 0.4) is 0 Å². The van der Waals surface area contributed by atoms with Crippen molar-refractivity contribution in [3.05, 3.63) is 0 Å². The van der Waals surface area contributed by atoms with Crippen LogP contribution in [0.25, 0.3) is 0 Å². The van der Waals surface area contributed by atoms with Crippen molar-refractivity contribution >= 4 is 10.2 Å². The van der Waals surface area contributed by atoms with Gasteiger partial charge in [0.05, 0.1) is 6.61 Å². The largest absolute Gasteiger partial charge is 0.395 e. The molecule has 6 heteroatoms. The number of piperidine rings is 1. The van der Waals surface area contributed by atoms with E-state index in [1.807, 2.05) is 13.8 Å². The van der Waals surface area contributed by atoms with E-state index in [1.54, 1.807) is 4.31 Å². The van der Waals surface area contributed by atoms with Crippen molar-refractivity contribution in [2.75, 3.05) is 26.2 Å². The third kappa shape index (κ3) is 3.91. The van der Waals surface area contributed by atoms with Gasteiger partial charge in [-0.15, -0.1) is 0 Å². The Bertz CT molecular complexity index is 332. The lowest BCUT2D eigenvalue weighted by Crippen LogP contribution is -2.50. The second kappa shape index (κ2) is 7.43. The maximum absolute atomic E-state index is 12.5. The Morgan fingerprint density at radius 3 is 2.61 bits per heavy atom. The van der Waals surface area contributed by atoms with Crippen molar-refractivity contribution in [2.45, 2.75) is 52.0 Å². The molecule has 1 heterocycles. The predicted octanol–water partition coefficient (Wildman–Crippen LogP) is 1.20. The summed E-state index contributed by atoms with van der Waals surface area (Å²) >= 11 is 0. The molecule has 0 saturated carbocycles. The summed E-state index contributed by atoms with van der Waals surface area (Å²) in [4.78, 5) is 0. The summed E-state index contributed by atoms with van der Waals surface area (Å²) in [7, 11) is -3.40. The second-order valence-electron chi connectivity index (χ2n) is 4.94. The molecule has 1 saturated heterocycles. The molecule has 1 unspecified atom stereocenters. The van der Waals surface area contributed by atoms with Crippen LogP contribution in [0.15, 0.2) is 0 Å². The number of hydrogen-bond donors (Lipinski definition) is 1. The van der Waals surface area contributed by atoms with Crippen LogP contribution in [0.1, 0.15) is 46.0 Å². The molecular weight excluding hydrogens is 252 g/mol. The van der Waals surface area contributed by atoms with E-state index < -0.39 is 10.2 Å². The molecule has 0 aromatic heterocycles. The van der Waals surface area contributed by atoms with Gasteiger partial charge in [-0.25, -0.2) is 0 Å². The minimum absolute atomic E-state index is 0.0755. The zero-order valence-corrected chi connectivity index (χ0v) is 12.3. The van der Waals surface area contributed by atoms with Crippen LogP contribution in [0.5, 0.6) is 0 Å². The quantitative estimate of drug-likeness (QED) is 0.761. The fourth-order valence-corrected chi connectivity index (χ4v) is 4.24. The number of unbranched alkanes of at least 4 members (excludes halogenated alkanes) is 1. The Morgan fingerprint density at radius 1 is 1.33 bits per heavy atom. The molecule has 0 radical (unpaired) electrons. The monoisotopic (exact) mass is 278 g/mol. The molecule has 0 amide bonds. The smallest absolute Gasteiger partial charge is 0.282 e. The topological polar surface area (TPSA) is 60.9 Å². The maximum atomic E-state index is 12.5. The van der Waals surface area contributed by atoms with E-state index >= 15 is 0 Å². The zero-order chi connectivity index (χ0) is 13.6. The van der Waals surface area contributed by atoms with Gasteiger partial charge in [-0.2, -0.15) is 17.0 Å². The van der Waals surface area contributed by atoms with E-state index in [9.17, 15) is 8.42 Å². The SMILES string of the molecule is CCCCN(CCO)S(=O)(=O)N1CCCCC1C. The summed E-state index contributed by atoms with van der Waals surface area (Å²) < 4.78 is 28.1. The Morgan fingerprint density at radius 2 is 2.06 bits per heavy atom. The highest BCUT2D eigenvalue weighted by atomic mass is 32.2. The van der Waals surface area contributed by atoms with Gasteiger partial charge in [0.25, 0.3) is 10.2 Å². The molecule has 5 nitrogen and oxygen atoms in total. The summed E-state index contributed by atoms with van der Waals surface area (Å²) in [5.41, 5.74) is 0. The van der Waals surface area contributed by atoms with Crippen molar-refractivity contribution in [1.29, 1.82) is 0 Å². The van der Waals surface area contributed by atoms with E-state index in [1.165, 1.54) is 4.31 Å². The second-order valence-corrected chi connectivity index (χ2v) is 6.82. The number of aliphatic hydroxyl groups is 1. The van der Waals surface area contributed by atoms with Crippen LogP contribution in [0.4, 0.5) is 0 Å². The lowest BCUT2D eigenvalue weighted by molar-refractivity contribution is 0.218. The lowest BCUT2D eigenvalue weighted by Gasteiger charge is -2.36. The van der Waals surface area contributed by atoms with Gasteiger partial charge in [-0.05, 0) is 26.2 Å². The van der Waals surface area contributed by atoms with Crippen molar-refractivity contribution in [3.63, 3.8) is 0 Å². The van der Waals surface area contributed by atoms with Crippen LogP contribution in [0, 0.1) is 0 Å². The van der Waals surface area contributed by atoms with Gasteiger partial charge in [-0.3, -0.25) is 0 Å². The first-order chi connectivity index (χ1) is 8.54. The Labute approximate surface area is 111 Å². The van der Waals surface area contributed by atoms with Gasteiger partial charge in [0.15, 0.2) is 0 Å². The molecule has 0 bridgehead atoms. The van der Waals surface area contributed by atoms with E-state index in [4.69, 9.17) is 5.11 Å². The van der Waals surface area contributed by atoms with Gasteiger partial charge in [0.1, 0.15) is 0 Å². The normalized spacial score (nSPS) is 22.6. The number of aliphatic hydroxyl groups excluding tert-OH is 1. The van der Waals surface area contributed by atoms with Crippen LogP contribution < -0.4 is 0 Å². The van der Waals surface area contributed by atoms with Gasteiger partial charge in [0.2, 0.25) is 0 Å². The highest BCUT2D eigenvalue weighted by Gasteiger charge is 2.33. The van der Waals surface area contributed by atoms with Gasteiger partial charge in [0, 0.05) is 25.7 Å². The van der Waals surface area contributed by atoms with Crippen molar-refractivity contribution in [3.8, 4) is 0 Å². The van der Waals surface area contributed by atoms with Gasteiger partial charge < -0.3 is 5.11 Å². The predicted molar refractivity (Wildman–Crippen MR) is 72.5 cm³/mol. The molecule has 0 aliphatic carbocycles. The fraction of sp³-hybridized carbons (Fsp3) is 1.00. The van der Waals surface area contributed by atoms with E-state index in [0.717, 1.165) is 32.1 Å². The average Bonchev–Trinajstić information content (AvgIpc) is 2.34. The molecule has 1 aliphatic heterocycles. The molecule has 108 valence electrons. The highest BCUT2D eigenvalue weighted by Crippen LogP contribution is 2.22. The molecule has 1 rings (SSSR count). The van der Waals surface area contributed by atoms with Crippen LogP contribution in [-0.4, -0.2) is 54.4 Å². The number of hydrogen-bond acceptors (Lipinski definition) is 3. The molecule has 0 aromatic rings.